The van der Waals surface area contributed by atoms with Gasteiger partial charge in [0.05, 0.1) is 0 Å². The molecule has 0 bridgehead atoms. The van der Waals surface area contributed by atoms with Crippen molar-refractivity contribution in [2.45, 2.75) is 6.42 Å². The van der Waals surface area contributed by atoms with Gasteiger partial charge in [-0.2, -0.15) is 16.6 Å². The zero-order valence-electron chi connectivity index (χ0n) is 11.4. The summed E-state index contributed by atoms with van der Waals surface area (Å²) in [5.41, 5.74) is 0.858. The van der Waals surface area contributed by atoms with Gasteiger partial charge in [0.25, 0.3) is 5.56 Å². The molecule has 6 nitrogen and oxygen atoms in total. The summed E-state index contributed by atoms with van der Waals surface area (Å²) in [6, 6.07) is 3.99. The van der Waals surface area contributed by atoms with E-state index in [1.807, 2.05) is 27.8 Å². The number of aromatic amines is 1. The monoisotopic (exact) mass is 301 g/mol. The van der Waals surface area contributed by atoms with Gasteiger partial charge in [0.2, 0.25) is 0 Å². The van der Waals surface area contributed by atoms with Crippen LogP contribution in [0.1, 0.15) is 17.0 Å². The smallest absolute Gasteiger partial charge is 0.271 e. The summed E-state index contributed by atoms with van der Waals surface area (Å²) in [6.45, 7) is 3.17. The highest BCUT2D eigenvalue weighted by molar-refractivity contribution is 7.07. The van der Waals surface area contributed by atoms with Gasteiger partial charge >= 0.3 is 0 Å². The molecule has 0 radical (unpaired) electrons. The van der Waals surface area contributed by atoms with Gasteiger partial charge in [-0.3, -0.25) is 4.79 Å². The van der Waals surface area contributed by atoms with Crippen molar-refractivity contribution in [3.63, 3.8) is 0 Å². The summed E-state index contributed by atoms with van der Waals surface area (Å²) in [7, 11) is 0. The van der Waals surface area contributed by atoms with E-state index in [9.17, 15) is 10.1 Å². The number of aromatic nitrogens is 2. The lowest BCUT2D eigenvalue weighted by Crippen LogP contribution is -2.45. The summed E-state index contributed by atoms with van der Waals surface area (Å²) in [4.78, 5) is 21.4. The van der Waals surface area contributed by atoms with Crippen LogP contribution in [-0.4, -0.2) is 36.1 Å². The van der Waals surface area contributed by atoms with E-state index in [4.69, 9.17) is 0 Å². The minimum absolute atomic E-state index is 0.103. The molecule has 1 fully saturated rings. The maximum atomic E-state index is 12.1. The van der Waals surface area contributed by atoms with Crippen molar-refractivity contribution in [3.8, 4) is 6.07 Å². The molecule has 0 unspecified atom stereocenters. The first-order valence-electron chi connectivity index (χ1n) is 6.78. The van der Waals surface area contributed by atoms with Crippen molar-refractivity contribution in [1.82, 2.24) is 15.3 Å². The molecule has 2 N–H and O–H groups in total. The van der Waals surface area contributed by atoms with Crippen LogP contribution >= 0.6 is 11.3 Å². The van der Waals surface area contributed by atoms with Crippen LogP contribution in [0.3, 0.4) is 0 Å². The van der Waals surface area contributed by atoms with Crippen molar-refractivity contribution in [1.29, 1.82) is 5.26 Å². The number of piperazine rings is 1. The topological polar surface area (TPSA) is 84.8 Å². The molecule has 0 saturated carbocycles. The van der Waals surface area contributed by atoms with Gasteiger partial charge in [0, 0.05) is 32.6 Å². The summed E-state index contributed by atoms with van der Waals surface area (Å²) >= 11 is 1.61. The third-order valence-corrected chi connectivity index (χ3v) is 4.16. The largest absolute Gasteiger partial charge is 0.353 e. The maximum absolute atomic E-state index is 12.1. The van der Waals surface area contributed by atoms with E-state index in [0.29, 0.717) is 18.1 Å². The second kappa shape index (κ2) is 6.08. The third kappa shape index (κ3) is 2.96. The summed E-state index contributed by atoms with van der Waals surface area (Å²) in [6.07, 6.45) is 0.573. The number of nitrogens with zero attached hydrogens (tertiary/aromatic N) is 3. The van der Waals surface area contributed by atoms with Crippen molar-refractivity contribution in [3.05, 3.63) is 44.1 Å². The number of H-pyrrole nitrogens is 1. The fourth-order valence-corrected chi connectivity index (χ4v) is 3.05. The molecule has 2 aromatic rings. The zero-order valence-corrected chi connectivity index (χ0v) is 12.2. The average molecular weight is 301 g/mol. The van der Waals surface area contributed by atoms with E-state index in [1.54, 1.807) is 11.3 Å². The van der Waals surface area contributed by atoms with E-state index < -0.39 is 0 Å². The first-order valence-corrected chi connectivity index (χ1v) is 7.72. The molecule has 0 spiro atoms. The summed E-state index contributed by atoms with van der Waals surface area (Å²) in [5.74, 6) is 1.11. The van der Waals surface area contributed by atoms with Crippen LogP contribution in [-0.2, 0) is 6.42 Å². The molecule has 3 heterocycles. The highest BCUT2D eigenvalue weighted by Crippen LogP contribution is 2.16. The standard InChI is InChI=1S/C14H15N5OS/c15-8-11-13(19-4-2-16-3-5-19)17-12(18-14(11)20)7-10-1-6-21-9-10/h1,6,9,16H,2-5,7H2,(H,17,18,20). The maximum Gasteiger partial charge on any atom is 0.271 e. The van der Waals surface area contributed by atoms with E-state index in [1.165, 1.54) is 0 Å². The van der Waals surface area contributed by atoms with Gasteiger partial charge in [0.1, 0.15) is 11.9 Å². The SMILES string of the molecule is N#Cc1c(N2CCNCC2)nc(Cc2ccsc2)[nH]c1=O. The van der Waals surface area contributed by atoms with Crippen LogP contribution in [0, 0.1) is 11.3 Å². The van der Waals surface area contributed by atoms with Crippen molar-refractivity contribution in [2.24, 2.45) is 0 Å². The van der Waals surface area contributed by atoms with Gasteiger partial charge in [-0.05, 0) is 22.4 Å². The number of nitriles is 1. The molecule has 2 aromatic heterocycles. The molecule has 3 rings (SSSR count). The number of anilines is 1. The number of thiophene rings is 1. The normalized spacial score (nSPS) is 14.9. The molecule has 1 aliphatic heterocycles. The van der Waals surface area contributed by atoms with Gasteiger partial charge in [-0.1, -0.05) is 0 Å². The number of rotatable bonds is 3. The quantitative estimate of drug-likeness (QED) is 0.872. The molecular formula is C14H15N5OS. The van der Waals surface area contributed by atoms with Gasteiger partial charge in [-0.25, -0.2) is 4.98 Å². The van der Waals surface area contributed by atoms with Gasteiger partial charge in [-0.15, -0.1) is 0 Å². The molecular weight excluding hydrogens is 286 g/mol. The number of nitrogens with one attached hydrogen (secondary N) is 2. The highest BCUT2D eigenvalue weighted by Gasteiger charge is 2.19. The van der Waals surface area contributed by atoms with Gasteiger partial charge in [0.15, 0.2) is 11.4 Å². The van der Waals surface area contributed by atoms with Crippen LogP contribution < -0.4 is 15.8 Å². The molecule has 0 aliphatic carbocycles. The Morgan fingerprint density at radius 3 is 2.90 bits per heavy atom. The van der Waals surface area contributed by atoms with Crippen LogP contribution in [0.4, 0.5) is 5.82 Å². The first kappa shape index (κ1) is 13.8. The van der Waals surface area contributed by atoms with E-state index in [0.717, 1.165) is 31.7 Å². The zero-order chi connectivity index (χ0) is 14.7. The molecule has 1 saturated heterocycles. The van der Waals surface area contributed by atoms with Crippen LogP contribution in [0.15, 0.2) is 21.6 Å². The molecule has 21 heavy (non-hydrogen) atoms. The Hall–Kier alpha value is -2.17. The van der Waals surface area contributed by atoms with Crippen molar-refractivity contribution < 1.29 is 0 Å². The summed E-state index contributed by atoms with van der Waals surface area (Å²) < 4.78 is 0. The first-order chi connectivity index (χ1) is 10.3. The number of hydrogen-bond donors (Lipinski definition) is 2. The Labute approximate surface area is 126 Å². The highest BCUT2D eigenvalue weighted by atomic mass is 32.1. The van der Waals surface area contributed by atoms with Crippen LogP contribution in [0.5, 0.6) is 0 Å². The lowest BCUT2D eigenvalue weighted by atomic mass is 10.2. The van der Waals surface area contributed by atoms with Crippen molar-refractivity contribution in [2.75, 3.05) is 31.1 Å². The Bertz CT molecular complexity index is 710. The Kier molecular flexibility index (Phi) is 3.99. The van der Waals surface area contributed by atoms with E-state index >= 15 is 0 Å². The Balaban J connectivity index is 1.98. The summed E-state index contributed by atoms with van der Waals surface area (Å²) in [5, 5.41) is 16.5. The van der Waals surface area contributed by atoms with Gasteiger partial charge < -0.3 is 15.2 Å². The van der Waals surface area contributed by atoms with E-state index in [2.05, 4.69) is 15.3 Å². The number of hydrogen-bond acceptors (Lipinski definition) is 6. The minimum atomic E-state index is -0.355. The predicted molar refractivity (Wildman–Crippen MR) is 81.8 cm³/mol. The Morgan fingerprint density at radius 2 is 2.24 bits per heavy atom. The molecule has 1 aliphatic rings. The van der Waals surface area contributed by atoms with Crippen LogP contribution in [0.25, 0.3) is 0 Å². The second-order valence-corrected chi connectivity index (χ2v) is 5.65. The third-order valence-electron chi connectivity index (χ3n) is 3.43. The van der Waals surface area contributed by atoms with E-state index in [-0.39, 0.29) is 11.1 Å². The predicted octanol–water partition coefficient (Wildman–Crippen LogP) is 0.703. The lowest BCUT2D eigenvalue weighted by molar-refractivity contribution is 0.583. The molecule has 108 valence electrons. The molecule has 7 heteroatoms. The molecule has 0 aromatic carbocycles. The Morgan fingerprint density at radius 1 is 1.43 bits per heavy atom. The lowest BCUT2D eigenvalue weighted by Gasteiger charge is -2.28. The van der Waals surface area contributed by atoms with Crippen LogP contribution in [0.2, 0.25) is 0 Å². The molecule has 0 amide bonds. The second-order valence-electron chi connectivity index (χ2n) is 4.87. The fraction of sp³-hybridized carbons (Fsp3) is 0.357. The molecule has 0 atom stereocenters. The minimum Gasteiger partial charge on any atom is -0.353 e. The average Bonchev–Trinajstić information content (AvgIpc) is 3.00. The van der Waals surface area contributed by atoms with Crippen molar-refractivity contribution >= 4 is 17.2 Å². The fourth-order valence-electron chi connectivity index (χ4n) is 2.38.